The van der Waals surface area contributed by atoms with Gasteiger partial charge in [0.1, 0.15) is 5.82 Å². The van der Waals surface area contributed by atoms with Crippen molar-refractivity contribution in [1.29, 1.82) is 0 Å². The van der Waals surface area contributed by atoms with Gasteiger partial charge >= 0.3 is 0 Å². The first-order valence-electron chi connectivity index (χ1n) is 7.34. The molecule has 116 valence electrons. The van der Waals surface area contributed by atoms with E-state index in [4.69, 9.17) is 0 Å². The molecule has 1 fully saturated rings. The second-order valence-corrected chi connectivity index (χ2v) is 6.48. The number of carbonyl (C=O) groups is 1. The molecule has 0 aromatic carbocycles. The summed E-state index contributed by atoms with van der Waals surface area (Å²) in [6.45, 7) is 0. The third kappa shape index (κ3) is 2.98. The van der Waals surface area contributed by atoms with Crippen molar-refractivity contribution < 1.29 is 9.90 Å². The number of nitrogens with zero attached hydrogens (tertiary/aromatic N) is 1. The lowest BCUT2D eigenvalue weighted by atomic mass is 9.76. The fourth-order valence-electron chi connectivity index (χ4n) is 2.80. The van der Waals surface area contributed by atoms with Crippen LogP contribution in [0.1, 0.15) is 34.1 Å². The van der Waals surface area contributed by atoms with Crippen LogP contribution in [0.3, 0.4) is 0 Å². The SMILES string of the molecule is CNc1ncccc1C(=O)N[C@H](c1cccs1)C1CC(O)C1. The molecule has 0 bridgehead atoms. The Balaban J connectivity index is 1.80. The van der Waals surface area contributed by atoms with Gasteiger partial charge in [0.05, 0.1) is 17.7 Å². The van der Waals surface area contributed by atoms with Crippen LogP contribution in [0.4, 0.5) is 5.82 Å². The van der Waals surface area contributed by atoms with Gasteiger partial charge < -0.3 is 15.7 Å². The third-order valence-electron chi connectivity index (χ3n) is 4.05. The van der Waals surface area contributed by atoms with E-state index in [0.717, 1.165) is 17.7 Å². The maximum absolute atomic E-state index is 12.6. The van der Waals surface area contributed by atoms with Gasteiger partial charge in [0.25, 0.3) is 5.91 Å². The van der Waals surface area contributed by atoms with Crippen molar-refractivity contribution in [3.63, 3.8) is 0 Å². The first kappa shape index (κ1) is 15.0. The lowest BCUT2D eigenvalue weighted by Crippen LogP contribution is -2.41. The van der Waals surface area contributed by atoms with E-state index in [-0.39, 0.29) is 24.0 Å². The quantitative estimate of drug-likeness (QED) is 0.792. The number of aliphatic hydroxyl groups excluding tert-OH is 1. The van der Waals surface area contributed by atoms with Crippen molar-refractivity contribution in [2.75, 3.05) is 12.4 Å². The molecule has 6 heteroatoms. The fourth-order valence-corrected chi connectivity index (χ4v) is 3.67. The van der Waals surface area contributed by atoms with Crippen LogP contribution in [0.15, 0.2) is 35.8 Å². The molecular formula is C16H19N3O2S. The van der Waals surface area contributed by atoms with Crippen molar-refractivity contribution in [1.82, 2.24) is 10.3 Å². The number of pyridine rings is 1. The number of thiophene rings is 1. The van der Waals surface area contributed by atoms with E-state index in [9.17, 15) is 9.90 Å². The molecule has 5 nitrogen and oxygen atoms in total. The van der Waals surface area contributed by atoms with Crippen molar-refractivity contribution >= 4 is 23.1 Å². The van der Waals surface area contributed by atoms with E-state index in [0.29, 0.717) is 11.4 Å². The van der Waals surface area contributed by atoms with Gasteiger partial charge in [-0.05, 0) is 42.3 Å². The highest BCUT2D eigenvalue weighted by molar-refractivity contribution is 7.10. The van der Waals surface area contributed by atoms with Crippen LogP contribution in [0.2, 0.25) is 0 Å². The lowest BCUT2D eigenvalue weighted by molar-refractivity contribution is 0.0241. The Hall–Kier alpha value is -1.92. The highest BCUT2D eigenvalue weighted by Gasteiger charge is 2.36. The predicted octanol–water partition coefficient (Wildman–Crippen LogP) is 2.43. The second kappa shape index (κ2) is 6.46. The molecule has 1 saturated carbocycles. The number of aromatic nitrogens is 1. The third-order valence-corrected chi connectivity index (χ3v) is 5.00. The Bertz CT molecular complexity index is 639. The summed E-state index contributed by atoms with van der Waals surface area (Å²) >= 11 is 1.63. The summed E-state index contributed by atoms with van der Waals surface area (Å²) < 4.78 is 0. The zero-order chi connectivity index (χ0) is 15.5. The van der Waals surface area contributed by atoms with E-state index >= 15 is 0 Å². The zero-order valence-corrected chi connectivity index (χ0v) is 13.1. The summed E-state index contributed by atoms with van der Waals surface area (Å²) in [5.74, 6) is 0.711. The summed E-state index contributed by atoms with van der Waals surface area (Å²) in [6.07, 6.45) is 2.88. The topological polar surface area (TPSA) is 74.2 Å². The standard InChI is InChI=1S/C16H19N3O2S/c1-17-15-12(4-2-6-18-15)16(21)19-14(10-8-11(20)9-10)13-5-3-7-22-13/h2-7,10-11,14,20H,8-9H2,1H3,(H,17,18)(H,19,21)/t10?,11?,14-/m0/s1. The Labute approximate surface area is 133 Å². The minimum atomic E-state index is -0.240. The molecule has 0 radical (unpaired) electrons. The number of rotatable bonds is 5. The maximum Gasteiger partial charge on any atom is 0.255 e. The normalized spacial score (nSPS) is 21.7. The minimum absolute atomic E-state index is 0.0548. The summed E-state index contributed by atoms with van der Waals surface area (Å²) in [6, 6.07) is 7.47. The number of hydrogen-bond acceptors (Lipinski definition) is 5. The van der Waals surface area contributed by atoms with Crippen LogP contribution in [-0.2, 0) is 0 Å². The molecule has 1 aliphatic rings. The summed E-state index contributed by atoms with van der Waals surface area (Å²) in [4.78, 5) is 17.9. The predicted molar refractivity (Wildman–Crippen MR) is 87.0 cm³/mol. The van der Waals surface area contributed by atoms with Crippen LogP contribution < -0.4 is 10.6 Å². The van der Waals surface area contributed by atoms with E-state index in [2.05, 4.69) is 15.6 Å². The molecule has 3 N–H and O–H groups in total. The molecule has 2 aromatic rings. The Morgan fingerprint density at radius 3 is 2.86 bits per heavy atom. The monoisotopic (exact) mass is 317 g/mol. The molecule has 2 aromatic heterocycles. The van der Waals surface area contributed by atoms with E-state index in [1.54, 1.807) is 36.7 Å². The molecule has 2 heterocycles. The molecule has 1 atom stereocenters. The second-order valence-electron chi connectivity index (χ2n) is 5.50. The Kier molecular flexibility index (Phi) is 4.40. The molecule has 1 aliphatic carbocycles. The van der Waals surface area contributed by atoms with Gasteiger partial charge in [0, 0.05) is 18.1 Å². The first-order valence-corrected chi connectivity index (χ1v) is 8.22. The van der Waals surface area contributed by atoms with Crippen LogP contribution in [-0.4, -0.2) is 29.1 Å². The van der Waals surface area contributed by atoms with E-state index in [1.165, 1.54) is 0 Å². The van der Waals surface area contributed by atoms with Gasteiger partial charge in [0.2, 0.25) is 0 Å². The van der Waals surface area contributed by atoms with Gasteiger partial charge in [0.15, 0.2) is 0 Å². The molecule has 0 aliphatic heterocycles. The van der Waals surface area contributed by atoms with Gasteiger partial charge in [-0.1, -0.05) is 6.07 Å². The molecule has 22 heavy (non-hydrogen) atoms. The number of nitrogens with one attached hydrogen (secondary N) is 2. The smallest absolute Gasteiger partial charge is 0.255 e. The maximum atomic E-state index is 12.6. The Morgan fingerprint density at radius 1 is 1.41 bits per heavy atom. The number of amides is 1. The number of anilines is 1. The average Bonchev–Trinajstić information content (AvgIpc) is 3.03. The zero-order valence-electron chi connectivity index (χ0n) is 12.3. The van der Waals surface area contributed by atoms with Gasteiger partial charge in [-0.3, -0.25) is 4.79 Å². The van der Waals surface area contributed by atoms with Crippen molar-refractivity contribution in [3.8, 4) is 0 Å². The molecule has 1 amide bonds. The molecule has 3 rings (SSSR count). The van der Waals surface area contributed by atoms with Gasteiger partial charge in [-0.25, -0.2) is 4.98 Å². The number of carbonyl (C=O) groups excluding carboxylic acids is 1. The van der Waals surface area contributed by atoms with Crippen molar-refractivity contribution in [3.05, 3.63) is 46.3 Å². The summed E-state index contributed by atoms with van der Waals surface area (Å²) in [7, 11) is 1.75. The van der Waals surface area contributed by atoms with Gasteiger partial charge in [-0.15, -0.1) is 11.3 Å². The number of aliphatic hydroxyl groups is 1. The molecule has 0 unspecified atom stereocenters. The van der Waals surface area contributed by atoms with Crippen molar-refractivity contribution in [2.45, 2.75) is 25.0 Å². The minimum Gasteiger partial charge on any atom is -0.393 e. The first-order chi connectivity index (χ1) is 10.7. The molecular weight excluding hydrogens is 298 g/mol. The van der Waals surface area contributed by atoms with Crippen LogP contribution in [0.25, 0.3) is 0 Å². The lowest BCUT2D eigenvalue weighted by Gasteiger charge is -2.37. The van der Waals surface area contributed by atoms with Crippen LogP contribution in [0.5, 0.6) is 0 Å². The largest absolute Gasteiger partial charge is 0.393 e. The Morgan fingerprint density at radius 2 is 2.23 bits per heavy atom. The van der Waals surface area contributed by atoms with E-state index < -0.39 is 0 Å². The molecule has 0 spiro atoms. The highest BCUT2D eigenvalue weighted by Crippen LogP contribution is 2.39. The van der Waals surface area contributed by atoms with E-state index in [1.807, 2.05) is 17.5 Å². The molecule has 0 saturated heterocycles. The summed E-state index contributed by atoms with van der Waals surface area (Å²) in [5, 5.41) is 17.6. The van der Waals surface area contributed by atoms with Gasteiger partial charge in [-0.2, -0.15) is 0 Å². The number of hydrogen-bond donors (Lipinski definition) is 3. The highest BCUT2D eigenvalue weighted by atomic mass is 32.1. The van der Waals surface area contributed by atoms with Crippen molar-refractivity contribution in [2.24, 2.45) is 5.92 Å². The van der Waals surface area contributed by atoms with Crippen LogP contribution >= 0.6 is 11.3 Å². The summed E-state index contributed by atoms with van der Waals surface area (Å²) in [5.41, 5.74) is 0.534. The average molecular weight is 317 g/mol. The van der Waals surface area contributed by atoms with Crippen LogP contribution in [0, 0.1) is 5.92 Å². The fraction of sp³-hybridized carbons (Fsp3) is 0.375.